The summed E-state index contributed by atoms with van der Waals surface area (Å²) in [6.45, 7) is 2.33. The summed E-state index contributed by atoms with van der Waals surface area (Å²) in [5.74, 6) is 0.824. The summed E-state index contributed by atoms with van der Waals surface area (Å²) in [6.07, 6.45) is 7.30. The van der Waals surface area contributed by atoms with Crippen LogP contribution in [0.15, 0.2) is 18.3 Å². The molecule has 0 spiro atoms. The maximum absolute atomic E-state index is 5.71. The van der Waals surface area contributed by atoms with Gasteiger partial charge in [0.05, 0.1) is 5.69 Å². The van der Waals surface area contributed by atoms with Crippen molar-refractivity contribution in [2.45, 2.75) is 38.6 Å². The van der Waals surface area contributed by atoms with Crippen LogP contribution in [-0.2, 0) is 0 Å². The molecule has 1 saturated carbocycles. The number of nitrogens with two attached hydrogens (primary N) is 1. The molecule has 2 nitrogen and oxygen atoms in total. The summed E-state index contributed by atoms with van der Waals surface area (Å²) in [5, 5.41) is 0. The van der Waals surface area contributed by atoms with E-state index in [1.54, 1.807) is 0 Å². The fourth-order valence-electron chi connectivity index (χ4n) is 2.58. The maximum Gasteiger partial charge on any atom is 0.120 e. The van der Waals surface area contributed by atoms with Crippen molar-refractivity contribution in [2.75, 3.05) is 0 Å². The van der Waals surface area contributed by atoms with E-state index >= 15 is 0 Å². The normalized spacial score (nSPS) is 26.5. The number of hydrogen-bond acceptors (Lipinski definition) is 1. The molecule has 1 fully saturated rings. The molecular weight excluding hydrogens is 204 g/mol. The Morgan fingerprint density at radius 2 is 2.33 bits per heavy atom. The van der Waals surface area contributed by atoms with Gasteiger partial charge in [-0.1, -0.05) is 32.0 Å². The molecule has 1 aromatic rings. The first-order chi connectivity index (χ1) is 7.18. The lowest BCUT2D eigenvalue weighted by Crippen LogP contribution is -2.22. The van der Waals surface area contributed by atoms with Crippen LogP contribution in [-0.4, -0.2) is 9.56 Å². The van der Waals surface area contributed by atoms with Crippen molar-refractivity contribution in [3.05, 3.63) is 24.0 Å². The van der Waals surface area contributed by atoms with Crippen LogP contribution in [0.5, 0.6) is 0 Å². The highest BCUT2D eigenvalue weighted by molar-refractivity contribution is 7.80. The molecule has 2 N–H and O–H groups in total. The van der Waals surface area contributed by atoms with Crippen molar-refractivity contribution in [3.63, 3.8) is 0 Å². The molecule has 1 heterocycles. The van der Waals surface area contributed by atoms with Crippen molar-refractivity contribution < 1.29 is 0 Å². The Labute approximate surface area is 96.5 Å². The smallest absolute Gasteiger partial charge is 0.120 e. The molecule has 1 aromatic heterocycles. The zero-order valence-corrected chi connectivity index (χ0v) is 9.96. The molecule has 2 unspecified atom stereocenters. The van der Waals surface area contributed by atoms with Crippen LogP contribution in [0.2, 0.25) is 0 Å². The van der Waals surface area contributed by atoms with Gasteiger partial charge in [-0.05, 0) is 30.9 Å². The van der Waals surface area contributed by atoms with Crippen LogP contribution >= 0.6 is 12.2 Å². The van der Waals surface area contributed by atoms with Gasteiger partial charge in [-0.15, -0.1) is 0 Å². The Morgan fingerprint density at radius 3 is 3.00 bits per heavy atom. The molecule has 1 aliphatic carbocycles. The van der Waals surface area contributed by atoms with E-state index in [1.165, 1.54) is 25.7 Å². The molecule has 2 rings (SSSR count). The average molecular weight is 222 g/mol. The molecular formula is C12H18N2S. The summed E-state index contributed by atoms with van der Waals surface area (Å²) < 4.78 is 2.26. The minimum atomic E-state index is 0.512. The lowest BCUT2D eigenvalue weighted by Gasteiger charge is -2.29. The Hall–Kier alpha value is -0.830. The molecule has 3 heteroatoms. The summed E-state index contributed by atoms with van der Waals surface area (Å²) in [7, 11) is 0. The van der Waals surface area contributed by atoms with Gasteiger partial charge in [0.1, 0.15) is 4.99 Å². The highest BCUT2D eigenvalue weighted by atomic mass is 32.1. The molecule has 0 amide bonds. The van der Waals surface area contributed by atoms with Crippen LogP contribution in [0.25, 0.3) is 0 Å². The summed E-state index contributed by atoms with van der Waals surface area (Å²) >= 11 is 5.06. The average Bonchev–Trinajstić information content (AvgIpc) is 2.65. The van der Waals surface area contributed by atoms with Gasteiger partial charge in [0, 0.05) is 12.2 Å². The molecule has 0 radical (unpaired) electrons. The fraction of sp³-hybridized carbons (Fsp3) is 0.583. The van der Waals surface area contributed by atoms with Crippen LogP contribution in [0.4, 0.5) is 0 Å². The van der Waals surface area contributed by atoms with Gasteiger partial charge in [-0.25, -0.2) is 0 Å². The molecule has 2 atom stereocenters. The lowest BCUT2D eigenvalue weighted by molar-refractivity contribution is 0.282. The molecule has 0 aliphatic heterocycles. The van der Waals surface area contributed by atoms with E-state index < -0.39 is 0 Å². The Balaban J connectivity index is 2.21. The predicted molar refractivity (Wildman–Crippen MR) is 67.0 cm³/mol. The second kappa shape index (κ2) is 4.35. The number of thiocarbonyl (C=S) groups is 1. The minimum absolute atomic E-state index is 0.512. The number of aromatic nitrogens is 1. The van der Waals surface area contributed by atoms with E-state index in [4.69, 9.17) is 18.0 Å². The van der Waals surface area contributed by atoms with E-state index in [-0.39, 0.29) is 0 Å². The third-order valence-corrected chi connectivity index (χ3v) is 3.54. The third kappa shape index (κ3) is 2.23. The summed E-state index contributed by atoms with van der Waals surface area (Å²) in [5.41, 5.74) is 6.73. The Kier molecular flexibility index (Phi) is 3.10. The Bertz CT molecular complexity index is 356. The van der Waals surface area contributed by atoms with Gasteiger partial charge in [0.25, 0.3) is 0 Å². The first-order valence-corrected chi connectivity index (χ1v) is 6.06. The van der Waals surface area contributed by atoms with Crippen LogP contribution < -0.4 is 5.73 Å². The molecule has 15 heavy (non-hydrogen) atoms. The monoisotopic (exact) mass is 222 g/mol. The largest absolute Gasteiger partial charge is 0.388 e. The van der Waals surface area contributed by atoms with E-state index in [0.29, 0.717) is 11.0 Å². The molecule has 0 aromatic carbocycles. The van der Waals surface area contributed by atoms with Gasteiger partial charge in [0.15, 0.2) is 0 Å². The molecule has 0 bridgehead atoms. The fourth-order valence-corrected chi connectivity index (χ4v) is 2.75. The van der Waals surface area contributed by atoms with Gasteiger partial charge < -0.3 is 10.3 Å². The standard InChI is InChI=1S/C12H18N2S/c1-9-4-2-5-10(8-9)14-7-3-6-11(14)12(13)15/h3,6-7,9-10H,2,4-5,8H2,1H3,(H2,13,15). The van der Waals surface area contributed by atoms with Crippen LogP contribution in [0.3, 0.4) is 0 Å². The summed E-state index contributed by atoms with van der Waals surface area (Å²) in [6, 6.07) is 4.65. The van der Waals surface area contributed by atoms with Crippen molar-refractivity contribution in [2.24, 2.45) is 11.7 Å². The van der Waals surface area contributed by atoms with Gasteiger partial charge in [0.2, 0.25) is 0 Å². The second-order valence-electron chi connectivity index (χ2n) is 4.59. The van der Waals surface area contributed by atoms with E-state index in [1.807, 2.05) is 12.1 Å². The summed E-state index contributed by atoms with van der Waals surface area (Å²) in [4.78, 5) is 0.512. The van der Waals surface area contributed by atoms with Gasteiger partial charge in [-0.3, -0.25) is 0 Å². The van der Waals surface area contributed by atoms with Crippen molar-refractivity contribution in [1.82, 2.24) is 4.57 Å². The predicted octanol–water partition coefficient (Wildman–Crippen LogP) is 2.87. The highest BCUT2D eigenvalue weighted by Gasteiger charge is 2.21. The van der Waals surface area contributed by atoms with Crippen LogP contribution in [0.1, 0.15) is 44.3 Å². The van der Waals surface area contributed by atoms with E-state index in [0.717, 1.165) is 11.6 Å². The van der Waals surface area contributed by atoms with Gasteiger partial charge >= 0.3 is 0 Å². The minimum Gasteiger partial charge on any atom is -0.388 e. The maximum atomic E-state index is 5.71. The van der Waals surface area contributed by atoms with Crippen molar-refractivity contribution in [1.29, 1.82) is 0 Å². The van der Waals surface area contributed by atoms with Crippen molar-refractivity contribution in [3.8, 4) is 0 Å². The van der Waals surface area contributed by atoms with E-state index in [2.05, 4.69) is 17.7 Å². The molecule has 0 saturated heterocycles. The first-order valence-electron chi connectivity index (χ1n) is 5.65. The zero-order valence-electron chi connectivity index (χ0n) is 9.15. The number of nitrogens with zero attached hydrogens (tertiary/aromatic N) is 1. The highest BCUT2D eigenvalue weighted by Crippen LogP contribution is 2.33. The number of hydrogen-bond donors (Lipinski definition) is 1. The third-order valence-electron chi connectivity index (χ3n) is 3.33. The van der Waals surface area contributed by atoms with Crippen molar-refractivity contribution >= 4 is 17.2 Å². The van der Waals surface area contributed by atoms with E-state index in [9.17, 15) is 0 Å². The number of rotatable bonds is 2. The molecule has 82 valence electrons. The first kappa shape index (κ1) is 10.7. The Morgan fingerprint density at radius 1 is 1.53 bits per heavy atom. The molecule has 1 aliphatic rings. The second-order valence-corrected chi connectivity index (χ2v) is 5.03. The topological polar surface area (TPSA) is 30.9 Å². The van der Waals surface area contributed by atoms with Crippen LogP contribution in [0, 0.1) is 5.92 Å². The van der Waals surface area contributed by atoms with Gasteiger partial charge in [-0.2, -0.15) is 0 Å². The lowest BCUT2D eigenvalue weighted by atomic mass is 9.87. The zero-order chi connectivity index (χ0) is 10.8. The quantitative estimate of drug-likeness (QED) is 0.780. The SMILES string of the molecule is CC1CCCC(n2cccc2C(N)=S)C1.